The largest absolute Gasteiger partial charge is 0.368 e. The number of likely N-dealkylation sites (tertiary alicyclic amines) is 1. The normalized spacial score (nSPS) is 21.1. The first kappa shape index (κ1) is 16.8. The molecule has 2 fully saturated rings. The number of rotatable bonds is 3. The van der Waals surface area contributed by atoms with E-state index in [1.54, 1.807) is 24.7 Å². The number of nitrogens with one attached hydrogen (secondary N) is 1. The lowest BCUT2D eigenvalue weighted by atomic mass is 9.93. The van der Waals surface area contributed by atoms with Crippen LogP contribution in [0.3, 0.4) is 0 Å². The van der Waals surface area contributed by atoms with E-state index in [0.29, 0.717) is 31.2 Å². The van der Waals surface area contributed by atoms with Crippen LogP contribution < -0.4 is 5.56 Å². The highest BCUT2D eigenvalue weighted by atomic mass is 16.5. The van der Waals surface area contributed by atoms with Crippen LogP contribution in [0.2, 0.25) is 0 Å². The molecule has 1 atom stereocenters. The topological polar surface area (TPSA) is 101 Å². The van der Waals surface area contributed by atoms with Gasteiger partial charge in [0.1, 0.15) is 11.8 Å². The van der Waals surface area contributed by atoms with Gasteiger partial charge < -0.3 is 14.6 Å². The third kappa shape index (κ3) is 3.50. The molecule has 8 heteroatoms. The predicted octanol–water partition coefficient (Wildman–Crippen LogP) is 1.11. The van der Waals surface area contributed by atoms with Crippen molar-refractivity contribution in [3.63, 3.8) is 0 Å². The molecule has 0 saturated carbocycles. The maximum atomic E-state index is 12.5. The summed E-state index contributed by atoms with van der Waals surface area (Å²) in [5.41, 5.74) is 1.09. The highest BCUT2D eigenvalue weighted by Gasteiger charge is 2.31. The van der Waals surface area contributed by atoms with Crippen molar-refractivity contribution in [2.24, 2.45) is 0 Å². The molecule has 0 spiro atoms. The summed E-state index contributed by atoms with van der Waals surface area (Å²) in [6.07, 6.45) is 7.79. The number of hydrogen-bond donors (Lipinski definition) is 1. The van der Waals surface area contributed by atoms with Gasteiger partial charge in [-0.25, -0.2) is 9.97 Å². The molecule has 8 nitrogen and oxygen atoms in total. The average Bonchev–Trinajstić information content (AvgIpc) is 3.22. The standard InChI is InChI=1S/C18H21N5O3/c24-16-10-13(21-17(22-16)14-11-19-5-6-20-14)12-3-7-23(8-4-12)18(25)15-2-1-9-26-15/h5-6,10-12,15H,1-4,7-9H2,(H,21,22,24)/t15-/m0/s1. The van der Waals surface area contributed by atoms with Crippen molar-refractivity contribution < 1.29 is 9.53 Å². The van der Waals surface area contributed by atoms with Crippen molar-refractivity contribution in [1.82, 2.24) is 24.8 Å². The number of nitrogens with zero attached hydrogens (tertiary/aromatic N) is 4. The quantitative estimate of drug-likeness (QED) is 0.885. The van der Waals surface area contributed by atoms with Crippen LogP contribution in [0.5, 0.6) is 0 Å². The molecule has 2 aliphatic heterocycles. The fourth-order valence-corrected chi connectivity index (χ4v) is 3.60. The summed E-state index contributed by atoms with van der Waals surface area (Å²) < 4.78 is 5.50. The van der Waals surface area contributed by atoms with E-state index >= 15 is 0 Å². The minimum atomic E-state index is -0.271. The van der Waals surface area contributed by atoms with Crippen LogP contribution in [0.4, 0.5) is 0 Å². The lowest BCUT2D eigenvalue weighted by Gasteiger charge is -2.33. The summed E-state index contributed by atoms with van der Waals surface area (Å²) in [4.78, 5) is 41.9. The van der Waals surface area contributed by atoms with Crippen molar-refractivity contribution in [1.29, 1.82) is 0 Å². The zero-order chi connectivity index (χ0) is 17.9. The minimum absolute atomic E-state index is 0.0973. The summed E-state index contributed by atoms with van der Waals surface area (Å²) in [5, 5.41) is 0. The molecule has 136 valence electrons. The number of hydrogen-bond acceptors (Lipinski definition) is 6. The van der Waals surface area contributed by atoms with Gasteiger partial charge in [0.25, 0.3) is 11.5 Å². The third-order valence-electron chi connectivity index (χ3n) is 5.00. The number of carbonyl (C=O) groups excluding carboxylic acids is 1. The third-order valence-corrected chi connectivity index (χ3v) is 5.00. The fraction of sp³-hybridized carbons (Fsp3) is 0.500. The van der Waals surface area contributed by atoms with Gasteiger partial charge in [-0.1, -0.05) is 0 Å². The highest BCUT2D eigenvalue weighted by Crippen LogP contribution is 2.28. The Balaban J connectivity index is 1.47. The minimum Gasteiger partial charge on any atom is -0.368 e. The molecule has 26 heavy (non-hydrogen) atoms. The van der Waals surface area contributed by atoms with Gasteiger partial charge in [-0.05, 0) is 25.7 Å². The van der Waals surface area contributed by atoms with Crippen LogP contribution in [-0.2, 0) is 9.53 Å². The van der Waals surface area contributed by atoms with E-state index in [-0.39, 0.29) is 23.5 Å². The summed E-state index contributed by atoms with van der Waals surface area (Å²) in [5.74, 6) is 0.680. The highest BCUT2D eigenvalue weighted by molar-refractivity contribution is 5.81. The average molecular weight is 355 g/mol. The Labute approximate surface area is 150 Å². The van der Waals surface area contributed by atoms with E-state index in [9.17, 15) is 9.59 Å². The Hall–Kier alpha value is -2.61. The molecule has 2 saturated heterocycles. The van der Waals surface area contributed by atoms with Gasteiger partial charge in [-0.15, -0.1) is 0 Å². The fourth-order valence-electron chi connectivity index (χ4n) is 3.60. The summed E-state index contributed by atoms with van der Waals surface area (Å²) in [6.45, 7) is 2.01. The molecule has 0 radical (unpaired) electrons. The summed E-state index contributed by atoms with van der Waals surface area (Å²) in [6, 6.07) is 1.54. The van der Waals surface area contributed by atoms with Crippen molar-refractivity contribution >= 4 is 5.91 Å². The second-order valence-electron chi connectivity index (χ2n) is 6.71. The molecule has 0 aromatic carbocycles. The van der Waals surface area contributed by atoms with Crippen LogP contribution in [0.15, 0.2) is 29.5 Å². The first-order valence-electron chi connectivity index (χ1n) is 8.99. The van der Waals surface area contributed by atoms with Gasteiger partial charge in [0.2, 0.25) is 0 Å². The summed E-state index contributed by atoms with van der Waals surface area (Å²) in [7, 11) is 0. The lowest BCUT2D eigenvalue weighted by molar-refractivity contribution is -0.142. The smallest absolute Gasteiger partial charge is 0.251 e. The van der Waals surface area contributed by atoms with E-state index in [2.05, 4.69) is 19.9 Å². The molecule has 4 rings (SSSR count). The molecular formula is C18H21N5O3. The van der Waals surface area contributed by atoms with Crippen molar-refractivity contribution in [3.8, 4) is 11.5 Å². The van der Waals surface area contributed by atoms with Crippen molar-refractivity contribution in [3.05, 3.63) is 40.7 Å². The molecule has 4 heterocycles. The number of amides is 1. The lowest BCUT2D eigenvalue weighted by Crippen LogP contribution is -2.43. The Morgan fingerprint density at radius 3 is 2.77 bits per heavy atom. The Morgan fingerprint density at radius 2 is 2.08 bits per heavy atom. The van der Waals surface area contributed by atoms with Gasteiger partial charge >= 0.3 is 0 Å². The van der Waals surface area contributed by atoms with Crippen LogP contribution in [0, 0.1) is 0 Å². The molecule has 2 aromatic rings. The number of ether oxygens (including phenoxy) is 1. The molecule has 0 bridgehead atoms. The number of H-pyrrole nitrogens is 1. The maximum absolute atomic E-state index is 12.5. The first-order chi connectivity index (χ1) is 12.7. The molecule has 1 N–H and O–H groups in total. The van der Waals surface area contributed by atoms with Gasteiger partial charge in [0.05, 0.1) is 11.9 Å². The van der Waals surface area contributed by atoms with Gasteiger partial charge in [-0.3, -0.25) is 14.6 Å². The van der Waals surface area contributed by atoms with Crippen LogP contribution in [-0.4, -0.2) is 56.5 Å². The number of aromatic nitrogens is 4. The Kier molecular flexibility index (Phi) is 4.75. The van der Waals surface area contributed by atoms with Crippen molar-refractivity contribution in [2.75, 3.05) is 19.7 Å². The summed E-state index contributed by atoms with van der Waals surface area (Å²) >= 11 is 0. The second kappa shape index (κ2) is 7.33. The Morgan fingerprint density at radius 1 is 1.23 bits per heavy atom. The van der Waals surface area contributed by atoms with Gasteiger partial charge in [-0.2, -0.15) is 0 Å². The molecular weight excluding hydrogens is 334 g/mol. The monoisotopic (exact) mass is 355 g/mol. The van der Waals surface area contributed by atoms with Crippen LogP contribution >= 0.6 is 0 Å². The van der Waals surface area contributed by atoms with Crippen molar-refractivity contribution in [2.45, 2.75) is 37.7 Å². The van der Waals surface area contributed by atoms with Gasteiger partial charge in [0.15, 0.2) is 5.82 Å². The molecule has 0 unspecified atom stereocenters. The molecule has 0 aliphatic carbocycles. The number of carbonyl (C=O) groups is 1. The van der Waals surface area contributed by atoms with E-state index in [1.165, 1.54) is 0 Å². The van der Waals surface area contributed by atoms with E-state index in [4.69, 9.17) is 4.74 Å². The molecule has 2 aromatic heterocycles. The van der Waals surface area contributed by atoms with Gasteiger partial charge in [0, 0.05) is 44.1 Å². The predicted molar refractivity (Wildman–Crippen MR) is 93.4 cm³/mol. The van der Waals surface area contributed by atoms with E-state index in [0.717, 1.165) is 31.4 Å². The maximum Gasteiger partial charge on any atom is 0.251 e. The second-order valence-corrected chi connectivity index (χ2v) is 6.71. The number of piperidine rings is 1. The zero-order valence-corrected chi connectivity index (χ0v) is 14.4. The van der Waals surface area contributed by atoms with E-state index < -0.39 is 0 Å². The molecule has 1 amide bonds. The van der Waals surface area contributed by atoms with Crippen LogP contribution in [0.25, 0.3) is 11.5 Å². The van der Waals surface area contributed by atoms with E-state index in [1.807, 2.05) is 4.90 Å². The molecule has 2 aliphatic rings. The SMILES string of the molecule is O=C([C@@H]1CCCO1)N1CCC(c2cc(=O)[nH]c(-c3cnccn3)n2)CC1. The number of aromatic amines is 1. The first-order valence-corrected chi connectivity index (χ1v) is 8.99. The zero-order valence-electron chi connectivity index (χ0n) is 14.4. The van der Waals surface area contributed by atoms with Crippen LogP contribution in [0.1, 0.15) is 37.3 Å². The Bertz CT molecular complexity index is 824.